The van der Waals surface area contributed by atoms with E-state index in [2.05, 4.69) is 25.5 Å². The average Bonchev–Trinajstić information content (AvgIpc) is 3.23. The molecule has 0 unspecified atom stereocenters. The molecular formula is C21H24FN7O. The molecule has 1 aliphatic heterocycles. The maximum atomic E-state index is 14.0. The number of aryl methyl sites for hydroxylation is 2. The fourth-order valence-corrected chi connectivity index (χ4v) is 3.93. The first kappa shape index (κ1) is 19.9. The SMILES string of the molecule is Cc1cc(C)nc(N[C@H]2CCCN(C(=O)c3cc(F)ccc3-n3nccn3)[C@@H]2C)n1. The number of halogens is 1. The molecule has 1 N–H and O–H groups in total. The van der Waals surface area contributed by atoms with E-state index < -0.39 is 5.82 Å². The number of hydrogen-bond donors (Lipinski definition) is 1. The molecule has 4 rings (SSSR count). The topological polar surface area (TPSA) is 88.8 Å². The van der Waals surface area contributed by atoms with E-state index in [4.69, 9.17) is 0 Å². The number of aromatic nitrogens is 5. The monoisotopic (exact) mass is 409 g/mol. The van der Waals surface area contributed by atoms with Gasteiger partial charge in [0.05, 0.1) is 23.6 Å². The van der Waals surface area contributed by atoms with Gasteiger partial charge in [-0.05, 0) is 57.9 Å². The Bertz CT molecular complexity index is 1030. The molecule has 0 radical (unpaired) electrons. The quantitative estimate of drug-likeness (QED) is 0.713. The van der Waals surface area contributed by atoms with E-state index in [1.54, 1.807) is 4.90 Å². The molecular weight excluding hydrogens is 385 g/mol. The Balaban J connectivity index is 1.60. The van der Waals surface area contributed by atoms with Crippen LogP contribution in [0.2, 0.25) is 0 Å². The molecule has 1 aromatic carbocycles. The van der Waals surface area contributed by atoms with Crippen LogP contribution in [-0.2, 0) is 0 Å². The molecule has 1 aliphatic rings. The van der Waals surface area contributed by atoms with Crippen LogP contribution in [0, 0.1) is 19.7 Å². The number of benzene rings is 1. The van der Waals surface area contributed by atoms with E-state index in [1.807, 2.05) is 26.8 Å². The van der Waals surface area contributed by atoms with E-state index >= 15 is 0 Å². The molecule has 0 spiro atoms. The molecule has 3 heterocycles. The van der Waals surface area contributed by atoms with Gasteiger partial charge in [0.2, 0.25) is 5.95 Å². The second-order valence-electron chi connectivity index (χ2n) is 7.59. The van der Waals surface area contributed by atoms with Gasteiger partial charge < -0.3 is 10.2 Å². The number of hydrogen-bond acceptors (Lipinski definition) is 6. The van der Waals surface area contributed by atoms with Crippen molar-refractivity contribution in [2.24, 2.45) is 0 Å². The van der Waals surface area contributed by atoms with Gasteiger partial charge in [-0.15, -0.1) is 0 Å². The Hall–Kier alpha value is -3.36. The number of carbonyl (C=O) groups is 1. The Morgan fingerprint density at radius 3 is 2.53 bits per heavy atom. The zero-order chi connectivity index (χ0) is 21.3. The Morgan fingerprint density at radius 2 is 1.83 bits per heavy atom. The Labute approximate surface area is 174 Å². The smallest absolute Gasteiger partial charge is 0.256 e. The lowest BCUT2D eigenvalue weighted by molar-refractivity contribution is 0.0615. The maximum Gasteiger partial charge on any atom is 0.256 e. The maximum absolute atomic E-state index is 14.0. The van der Waals surface area contributed by atoms with Crippen molar-refractivity contribution >= 4 is 11.9 Å². The Morgan fingerprint density at radius 1 is 1.13 bits per heavy atom. The third-order valence-electron chi connectivity index (χ3n) is 5.37. The van der Waals surface area contributed by atoms with Gasteiger partial charge in [0.25, 0.3) is 5.91 Å². The number of carbonyl (C=O) groups excluding carboxylic acids is 1. The normalized spacial score (nSPS) is 19.0. The first-order valence-electron chi connectivity index (χ1n) is 9.98. The van der Waals surface area contributed by atoms with Gasteiger partial charge in [0.1, 0.15) is 5.82 Å². The van der Waals surface area contributed by atoms with Crippen LogP contribution in [0.5, 0.6) is 0 Å². The van der Waals surface area contributed by atoms with E-state index in [-0.39, 0.29) is 23.6 Å². The van der Waals surface area contributed by atoms with Crippen molar-refractivity contribution in [1.82, 2.24) is 29.9 Å². The predicted molar refractivity (Wildman–Crippen MR) is 110 cm³/mol. The lowest BCUT2D eigenvalue weighted by Gasteiger charge is -2.40. The third kappa shape index (κ3) is 4.00. The van der Waals surface area contributed by atoms with Gasteiger partial charge in [-0.1, -0.05) is 0 Å². The molecule has 3 aromatic rings. The molecule has 1 fully saturated rings. The van der Waals surface area contributed by atoms with Crippen molar-refractivity contribution in [3.05, 3.63) is 59.4 Å². The van der Waals surface area contributed by atoms with Crippen molar-refractivity contribution in [2.45, 2.75) is 45.7 Å². The zero-order valence-corrected chi connectivity index (χ0v) is 17.2. The predicted octanol–water partition coefficient (Wildman–Crippen LogP) is 2.92. The minimum atomic E-state index is -0.475. The average molecular weight is 409 g/mol. The van der Waals surface area contributed by atoms with Gasteiger partial charge in [-0.3, -0.25) is 4.79 Å². The Kier molecular flexibility index (Phi) is 5.43. The summed E-state index contributed by atoms with van der Waals surface area (Å²) in [6, 6.07) is 5.85. The minimum Gasteiger partial charge on any atom is -0.349 e. The van der Waals surface area contributed by atoms with Crippen LogP contribution in [0.15, 0.2) is 36.7 Å². The summed E-state index contributed by atoms with van der Waals surface area (Å²) in [6.45, 7) is 6.43. The highest BCUT2D eigenvalue weighted by molar-refractivity contribution is 5.98. The van der Waals surface area contributed by atoms with Crippen LogP contribution < -0.4 is 5.32 Å². The number of anilines is 1. The molecule has 30 heavy (non-hydrogen) atoms. The molecule has 1 saturated heterocycles. The van der Waals surface area contributed by atoms with E-state index in [0.29, 0.717) is 18.2 Å². The number of nitrogens with one attached hydrogen (secondary N) is 1. The summed E-state index contributed by atoms with van der Waals surface area (Å²) >= 11 is 0. The molecule has 2 atom stereocenters. The van der Waals surface area contributed by atoms with Gasteiger partial charge in [0, 0.05) is 30.0 Å². The van der Waals surface area contributed by atoms with E-state index in [0.717, 1.165) is 24.2 Å². The highest BCUT2D eigenvalue weighted by Gasteiger charge is 2.33. The number of nitrogens with zero attached hydrogens (tertiary/aromatic N) is 6. The number of likely N-dealkylation sites (tertiary alicyclic amines) is 1. The second-order valence-corrected chi connectivity index (χ2v) is 7.59. The molecule has 1 amide bonds. The molecule has 0 aliphatic carbocycles. The zero-order valence-electron chi connectivity index (χ0n) is 17.2. The van der Waals surface area contributed by atoms with Gasteiger partial charge >= 0.3 is 0 Å². The van der Waals surface area contributed by atoms with Crippen LogP contribution >= 0.6 is 0 Å². The van der Waals surface area contributed by atoms with E-state index in [9.17, 15) is 9.18 Å². The van der Waals surface area contributed by atoms with Crippen molar-refractivity contribution in [2.75, 3.05) is 11.9 Å². The second kappa shape index (κ2) is 8.17. The van der Waals surface area contributed by atoms with Gasteiger partial charge in [-0.25, -0.2) is 14.4 Å². The van der Waals surface area contributed by atoms with Crippen LogP contribution in [0.3, 0.4) is 0 Å². The lowest BCUT2D eigenvalue weighted by atomic mass is 9.96. The fourth-order valence-electron chi connectivity index (χ4n) is 3.93. The summed E-state index contributed by atoms with van der Waals surface area (Å²) in [7, 11) is 0. The number of amides is 1. The molecule has 9 heteroatoms. The minimum absolute atomic E-state index is 0.0104. The highest BCUT2D eigenvalue weighted by Crippen LogP contribution is 2.25. The molecule has 0 bridgehead atoms. The van der Waals surface area contributed by atoms with Crippen LogP contribution in [-0.4, -0.2) is 54.4 Å². The van der Waals surface area contributed by atoms with Crippen LogP contribution in [0.25, 0.3) is 5.69 Å². The first-order valence-corrected chi connectivity index (χ1v) is 9.98. The first-order chi connectivity index (χ1) is 14.4. The molecule has 156 valence electrons. The summed E-state index contributed by atoms with van der Waals surface area (Å²) in [4.78, 5) is 25.4. The van der Waals surface area contributed by atoms with E-state index in [1.165, 1.54) is 35.4 Å². The molecule has 2 aromatic heterocycles. The number of piperidine rings is 1. The third-order valence-corrected chi connectivity index (χ3v) is 5.37. The summed E-state index contributed by atoms with van der Waals surface area (Å²) in [5, 5.41) is 11.6. The van der Waals surface area contributed by atoms with Crippen LogP contribution in [0.4, 0.5) is 10.3 Å². The summed E-state index contributed by atoms with van der Waals surface area (Å²) in [5.41, 5.74) is 2.46. The van der Waals surface area contributed by atoms with Crippen LogP contribution in [0.1, 0.15) is 41.5 Å². The highest BCUT2D eigenvalue weighted by atomic mass is 19.1. The van der Waals surface area contributed by atoms with Crippen molar-refractivity contribution < 1.29 is 9.18 Å². The fraction of sp³-hybridized carbons (Fsp3) is 0.381. The summed E-state index contributed by atoms with van der Waals surface area (Å²) in [6.07, 6.45) is 4.75. The largest absolute Gasteiger partial charge is 0.349 e. The van der Waals surface area contributed by atoms with Gasteiger partial charge in [0.15, 0.2) is 0 Å². The van der Waals surface area contributed by atoms with Crippen molar-refractivity contribution in [3.8, 4) is 5.69 Å². The summed E-state index contributed by atoms with van der Waals surface area (Å²) in [5.74, 6) is -0.162. The standard InChI is InChI=1S/C21H24FN7O/c1-13-11-14(2)26-21(25-13)27-18-5-4-10-28(15(18)3)20(30)17-12-16(22)6-7-19(17)29-23-8-9-24-29/h6-9,11-12,15,18H,4-5,10H2,1-3H3,(H,25,26,27)/t15-,18+/m1/s1. The number of rotatable bonds is 4. The molecule has 0 saturated carbocycles. The van der Waals surface area contributed by atoms with Crippen molar-refractivity contribution in [1.29, 1.82) is 0 Å². The molecule has 8 nitrogen and oxygen atoms in total. The summed E-state index contributed by atoms with van der Waals surface area (Å²) < 4.78 is 14.0. The van der Waals surface area contributed by atoms with Gasteiger partial charge in [-0.2, -0.15) is 15.0 Å². The lowest BCUT2D eigenvalue weighted by Crippen LogP contribution is -2.52. The van der Waals surface area contributed by atoms with Crippen molar-refractivity contribution in [3.63, 3.8) is 0 Å².